The quantitative estimate of drug-likeness (QED) is 0.800. The minimum absolute atomic E-state index is 0.305. The van der Waals surface area contributed by atoms with Crippen LogP contribution in [0, 0.1) is 0 Å². The van der Waals surface area contributed by atoms with Gasteiger partial charge in [0.1, 0.15) is 0 Å². The van der Waals surface area contributed by atoms with Crippen LogP contribution in [-0.2, 0) is 0 Å². The molecule has 1 unspecified atom stereocenters. The predicted octanol–water partition coefficient (Wildman–Crippen LogP) is 3.08. The van der Waals surface area contributed by atoms with Crippen molar-refractivity contribution in [1.82, 2.24) is 14.9 Å². The summed E-state index contributed by atoms with van der Waals surface area (Å²) in [7, 11) is 0. The maximum Gasteiger partial charge on any atom is 0.0966 e. The third-order valence-corrected chi connectivity index (χ3v) is 3.49. The molecule has 88 valence electrons. The predicted molar refractivity (Wildman–Crippen MR) is 67.5 cm³/mol. The van der Waals surface area contributed by atoms with E-state index in [-0.39, 0.29) is 0 Å². The number of hydrogen-bond acceptors (Lipinski definition) is 4. The molecule has 0 aromatic carbocycles. The summed E-state index contributed by atoms with van der Waals surface area (Å²) in [5, 5.41) is 9.85. The van der Waals surface area contributed by atoms with E-state index in [1.54, 1.807) is 0 Å². The normalized spacial score (nSPS) is 18.2. The summed E-state index contributed by atoms with van der Waals surface area (Å²) in [5.74, 6) is 0. The smallest absolute Gasteiger partial charge is 0.0966 e. The van der Waals surface area contributed by atoms with Crippen molar-refractivity contribution in [2.75, 3.05) is 6.54 Å². The summed E-state index contributed by atoms with van der Waals surface area (Å²) in [5.41, 5.74) is 2.60. The first-order valence-corrected chi connectivity index (χ1v) is 6.94. The van der Waals surface area contributed by atoms with E-state index in [1.165, 1.54) is 42.8 Å². The van der Waals surface area contributed by atoms with Crippen LogP contribution in [0.25, 0.3) is 0 Å². The standard InChI is InChI=1S/C12H19N3S/c1-2-8-13-12(11-9-16-15-14-11)10-6-4-3-5-7-10/h6,9,12-13H,2-5,7-8H2,1H3. The fraction of sp³-hybridized carbons (Fsp3) is 0.667. The Labute approximate surface area is 101 Å². The summed E-state index contributed by atoms with van der Waals surface area (Å²) < 4.78 is 3.97. The van der Waals surface area contributed by atoms with Crippen LogP contribution in [0.15, 0.2) is 17.0 Å². The van der Waals surface area contributed by atoms with Crippen molar-refractivity contribution in [2.24, 2.45) is 0 Å². The van der Waals surface area contributed by atoms with Crippen molar-refractivity contribution < 1.29 is 0 Å². The molecule has 2 rings (SSSR count). The number of rotatable bonds is 5. The molecule has 1 aromatic rings. The lowest BCUT2D eigenvalue weighted by Gasteiger charge is -2.22. The molecule has 0 fully saturated rings. The van der Waals surface area contributed by atoms with Crippen molar-refractivity contribution in [3.05, 3.63) is 22.7 Å². The molecule has 1 aromatic heterocycles. The van der Waals surface area contributed by atoms with Gasteiger partial charge in [-0.05, 0) is 50.2 Å². The number of nitrogens with zero attached hydrogens (tertiary/aromatic N) is 2. The van der Waals surface area contributed by atoms with Gasteiger partial charge in [0.05, 0.1) is 11.7 Å². The molecule has 1 aliphatic rings. The van der Waals surface area contributed by atoms with Crippen LogP contribution in [0.1, 0.15) is 50.8 Å². The van der Waals surface area contributed by atoms with Gasteiger partial charge in [-0.2, -0.15) is 0 Å². The molecule has 16 heavy (non-hydrogen) atoms. The molecular weight excluding hydrogens is 218 g/mol. The van der Waals surface area contributed by atoms with E-state index in [1.807, 2.05) is 0 Å². The van der Waals surface area contributed by atoms with Crippen LogP contribution in [-0.4, -0.2) is 16.1 Å². The largest absolute Gasteiger partial charge is 0.305 e. The van der Waals surface area contributed by atoms with E-state index in [2.05, 4.69) is 33.3 Å². The van der Waals surface area contributed by atoms with Crippen LogP contribution in [0.4, 0.5) is 0 Å². The van der Waals surface area contributed by atoms with E-state index < -0.39 is 0 Å². The van der Waals surface area contributed by atoms with E-state index in [9.17, 15) is 0 Å². The lowest BCUT2D eigenvalue weighted by molar-refractivity contribution is 0.536. The van der Waals surface area contributed by atoms with Crippen LogP contribution < -0.4 is 5.32 Å². The SMILES string of the molecule is CCCNC(C1=CCCCC1)c1csnn1. The second-order valence-electron chi connectivity index (χ2n) is 4.24. The van der Waals surface area contributed by atoms with Crippen molar-refractivity contribution in [3.63, 3.8) is 0 Å². The first-order chi connectivity index (χ1) is 7.92. The Morgan fingerprint density at radius 2 is 2.44 bits per heavy atom. The van der Waals surface area contributed by atoms with Crippen molar-refractivity contribution >= 4 is 11.5 Å². The van der Waals surface area contributed by atoms with Gasteiger partial charge in [0, 0.05) is 5.38 Å². The maximum absolute atomic E-state index is 4.21. The van der Waals surface area contributed by atoms with Gasteiger partial charge in [-0.15, -0.1) is 5.10 Å². The minimum Gasteiger partial charge on any atom is -0.305 e. The first kappa shape index (κ1) is 11.7. The van der Waals surface area contributed by atoms with Gasteiger partial charge in [0.2, 0.25) is 0 Å². The Morgan fingerprint density at radius 1 is 1.50 bits per heavy atom. The van der Waals surface area contributed by atoms with Crippen molar-refractivity contribution in [3.8, 4) is 0 Å². The van der Waals surface area contributed by atoms with Gasteiger partial charge in [0.15, 0.2) is 0 Å². The Hall–Kier alpha value is -0.740. The zero-order valence-electron chi connectivity index (χ0n) is 9.78. The monoisotopic (exact) mass is 237 g/mol. The molecule has 0 saturated heterocycles. The first-order valence-electron chi connectivity index (χ1n) is 6.11. The molecule has 4 heteroatoms. The summed E-state index contributed by atoms with van der Waals surface area (Å²) in [4.78, 5) is 0. The van der Waals surface area contributed by atoms with E-state index in [0.29, 0.717) is 6.04 Å². The van der Waals surface area contributed by atoms with Gasteiger partial charge in [0.25, 0.3) is 0 Å². The molecule has 0 saturated carbocycles. The van der Waals surface area contributed by atoms with Crippen LogP contribution >= 0.6 is 11.5 Å². The highest BCUT2D eigenvalue weighted by molar-refractivity contribution is 7.03. The highest BCUT2D eigenvalue weighted by Crippen LogP contribution is 2.29. The van der Waals surface area contributed by atoms with Gasteiger partial charge < -0.3 is 5.32 Å². The summed E-state index contributed by atoms with van der Waals surface area (Å²) in [6.45, 7) is 3.23. The van der Waals surface area contributed by atoms with Crippen molar-refractivity contribution in [1.29, 1.82) is 0 Å². The van der Waals surface area contributed by atoms with Gasteiger partial charge in [-0.3, -0.25) is 0 Å². The number of aromatic nitrogens is 2. The zero-order chi connectivity index (χ0) is 11.2. The Morgan fingerprint density at radius 3 is 3.06 bits per heavy atom. The molecular formula is C12H19N3S. The Bertz CT molecular complexity index is 332. The Kier molecular flexibility index (Phi) is 4.48. The average molecular weight is 237 g/mol. The molecule has 1 atom stereocenters. The molecule has 0 aliphatic heterocycles. The molecule has 0 amide bonds. The second-order valence-corrected chi connectivity index (χ2v) is 4.85. The lowest BCUT2D eigenvalue weighted by Crippen LogP contribution is -2.25. The summed E-state index contributed by atoms with van der Waals surface area (Å²) >= 11 is 1.44. The topological polar surface area (TPSA) is 37.8 Å². The minimum atomic E-state index is 0.305. The highest BCUT2D eigenvalue weighted by atomic mass is 32.1. The summed E-state index contributed by atoms with van der Waals surface area (Å²) in [6.07, 6.45) is 8.61. The fourth-order valence-electron chi connectivity index (χ4n) is 2.14. The van der Waals surface area contributed by atoms with Gasteiger partial charge in [-0.1, -0.05) is 23.1 Å². The summed E-state index contributed by atoms with van der Waals surface area (Å²) in [6, 6.07) is 0.305. The lowest BCUT2D eigenvalue weighted by atomic mass is 9.92. The molecule has 1 heterocycles. The van der Waals surface area contributed by atoms with E-state index in [0.717, 1.165) is 18.7 Å². The number of nitrogens with one attached hydrogen (secondary N) is 1. The third kappa shape index (κ3) is 2.89. The van der Waals surface area contributed by atoms with Crippen LogP contribution in [0.2, 0.25) is 0 Å². The molecule has 0 bridgehead atoms. The molecule has 1 N–H and O–H groups in total. The number of hydrogen-bond donors (Lipinski definition) is 1. The van der Waals surface area contributed by atoms with Gasteiger partial charge >= 0.3 is 0 Å². The number of allylic oxidation sites excluding steroid dienone is 1. The maximum atomic E-state index is 4.21. The molecule has 1 aliphatic carbocycles. The second kappa shape index (κ2) is 6.11. The fourth-order valence-corrected chi connectivity index (χ4v) is 2.62. The molecule has 0 spiro atoms. The van der Waals surface area contributed by atoms with E-state index >= 15 is 0 Å². The van der Waals surface area contributed by atoms with Gasteiger partial charge in [-0.25, -0.2) is 0 Å². The van der Waals surface area contributed by atoms with Crippen LogP contribution in [0.5, 0.6) is 0 Å². The Balaban J connectivity index is 2.10. The zero-order valence-corrected chi connectivity index (χ0v) is 10.6. The van der Waals surface area contributed by atoms with Crippen LogP contribution in [0.3, 0.4) is 0 Å². The molecule has 0 radical (unpaired) electrons. The molecule has 3 nitrogen and oxygen atoms in total. The van der Waals surface area contributed by atoms with E-state index in [4.69, 9.17) is 0 Å². The third-order valence-electron chi connectivity index (χ3n) is 2.97. The highest BCUT2D eigenvalue weighted by Gasteiger charge is 2.19. The van der Waals surface area contributed by atoms with Crippen molar-refractivity contribution in [2.45, 2.75) is 45.1 Å². The average Bonchev–Trinajstić information content (AvgIpc) is 2.85.